The van der Waals surface area contributed by atoms with Crippen molar-refractivity contribution in [1.82, 2.24) is 14.7 Å². The summed E-state index contributed by atoms with van der Waals surface area (Å²) in [7, 11) is 0. The summed E-state index contributed by atoms with van der Waals surface area (Å²) in [6, 6.07) is 11.5. The second kappa shape index (κ2) is 8.39. The molecule has 0 spiro atoms. The Labute approximate surface area is 168 Å². The Bertz CT molecular complexity index is 1020. The van der Waals surface area contributed by atoms with Gasteiger partial charge in [0.1, 0.15) is 9.71 Å². The fourth-order valence-electron chi connectivity index (χ4n) is 2.88. The van der Waals surface area contributed by atoms with Gasteiger partial charge in [0.2, 0.25) is 0 Å². The van der Waals surface area contributed by atoms with Crippen LogP contribution in [0.3, 0.4) is 0 Å². The summed E-state index contributed by atoms with van der Waals surface area (Å²) in [6.07, 6.45) is 0. The number of aromatic nitrogens is 2. The third-order valence-electron chi connectivity index (χ3n) is 4.27. The molecule has 3 rings (SSSR count). The highest BCUT2D eigenvalue weighted by atomic mass is 32.1. The Morgan fingerprint density at radius 3 is 2.64 bits per heavy atom. The van der Waals surface area contributed by atoms with Crippen molar-refractivity contribution in [2.45, 2.75) is 20.8 Å². The summed E-state index contributed by atoms with van der Waals surface area (Å²) in [4.78, 5) is 27.7. The predicted octanol–water partition coefficient (Wildman–Crippen LogP) is 3.98. The molecule has 1 aromatic carbocycles. The van der Waals surface area contributed by atoms with Crippen molar-refractivity contribution < 1.29 is 14.3 Å². The lowest BCUT2D eigenvalue weighted by atomic mass is 10.3. The minimum absolute atomic E-state index is 0.230. The molecular weight excluding hydrogens is 374 g/mol. The van der Waals surface area contributed by atoms with Gasteiger partial charge < -0.3 is 9.64 Å². The van der Waals surface area contributed by atoms with Crippen molar-refractivity contribution in [2.75, 3.05) is 19.7 Å². The number of hydrogen-bond acceptors (Lipinski definition) is 5. The smallest absolute Gasteiger partial charge is 0.348 e. The maximum atomic E-state index is 12.5. The fraction of sp³-hybridized carbons (Fsp3) is 0.286. The summed E-state index contributed by atoms with van der Waals surface area (Å²) in [5, 5.41) is 5.47. The van der Waals surface area contributed by atoms with E-state index < -0.39 is 5.97 Å². The predicted molar refractivity (Wildman–Crippen MR) is 111 cm³/mol. The van der Waals surface area contributed by atoms with Gasteiger partial charge in [0.25, 0.3) is 5.91 Å². The van der Waals surface area contributed by atoms with Crippen LogP contribution in [0.4, 0.5) is 0 Å². The molecule has 7 heteroatoms. The lowest BCUT2D eigenvalue weighted by molar-refractivity contribution is -0.133. The van der Waals surface area contributed by atoms with Crippen molar-refractivity contribution in [1.29, 1.82) is 0 Å². The van der Waals surface area contributed by atoms with Crippen molar-refractivity contribution in [2.24, 2.45) is 0 Å². The molecule has 0 N–H and O–H groups in total. The molecule has 3 aromatic rings. The van der Waals surface area contributed by atoms with Crippen molar-refractivity contribution in [3.05, 3.63) is 59.1 Å². The molecule has 0 saturated heterocycles. The lowest BCUT2D eigenvalue weighted by Crippen LogP contribution is -2.35. The Hall–Kier alpha value is -2.93. The molecular formula is C21H23N3O3S. The Kier molecular flexibility index (Phi) is 5.94. The van der Waals surface area contributed by atoms with Crippen LogP contribution in [0.1, 0.15) is 29.2 Å². The van der Waals surface area contributed by atoms with Gasteiger partial charge in [0, 0.05) is 18.5 Å². The maximum absolute atomic E-state index is 12.5. The van der Waals surface area contributed by atoms with E-state index in [2.05, 4.69) is 11.7 Å². The molecule has 6 nitrogen and oxygen atoms in total. The number of amides is 1. The molecule has 28 heavy (non-hydrogen) atoms. The van der Waals surface area contributed by atoms with E-state index in [9.17, 15) is 9.59 Å². The van der Waals surface area contributed by atoms with E-state index in [1.807, 2.05) is 55.8 Å². The number of benzene rings is 1. The molecule has 0 radical (unpaired) electrons. The van der Waals surface area contributed by atoms with E-state index in [-0.39, 0.29) is 12.5 Å². The molecule has 0 bridgehead atoms. The number of esters is 1. The minimum Gasteiger partial charge on any atom is -0.451 e. The summed E-state index contributed by atoms with van der Waals surface area (Å²) in [5.74, 6) is -0.730. The molecule has 0 unspecified atom stereocenters. The van der Waals surface area contributed by atoms with Crippen LogP contribution in [0.2, 0.25) is 0 Å². The highest BCUT2D eigenvalue weighted by molar-refractivity contribution is 7.20. The highest BCUT2D eigenvalue weighted by Gasteiger charge is 2.20. The quantitative estimate of drug-likeness (QED) is 0.447. The van der Waals surface area contributed by atoms with Gasteiger partial charge >= 0.3 is 5.97 Å². The zero-order chi connectivity index (χ0) is 20.3. The average Bonchev–Trinajstić information content (AvgIpc) is 3.25. The Balaban J connectivity index is 1.76. The largest absolute Gasteiger partial charge is 0.451 e. The zero-order valence-electron chi connectivity index (χ0n) is 16.3. The van der Waals surface area contributed by atoms with Crippen LogP contribution in [0.15, 0.2) is 48.6 Å². The third-order valence-corrected chi connectivity index (χ3v) is 5.36. The number of fused-ring (bicyclic) bond motifs is 1. The monoisotopic (exact) mass is 397 g/mol. The molecule has 146 valence electrons. The van der Waals surface area contributed by atoms with Crippen LogP contribution >= 0.6 is 11.3 Å². The van der Waals surface area contributed by atoms with Gasteiger partial charge in [0.15, 0.2) is 6.61 Å². The van der Waals surface area contributed by atoms with Gasteiger partial charge in [-0.25, -0.2) is 9.48 Å². The number of carbonyl (C=O) groups is 2. The summed E-state index contributed by atoms with van der Waals surface area (Å²) in [6.45, 7) is 10.2. The first-order valence-electron chi connectivity index (χ1n) is 9.04. The zero-order valence-corrected chi connectivity index (χ0v) is 17.1. The number of aryl methyl sites for hydroxylation is 1. The first-order chi connectivity index (χ1) is 13.4. The minimum atomic E-state index is -0.500. The van der Waals surface area contributed by atoms with Gasteiger partial charge in [-0.1, -0.05) is 30.4 Å². The van der Waals surface area contributed by atoms with Gasteiger partial charge in [-0.05, 0) is 39.0 Å². The van der Waals surface area contributed by atoms with E-state index in [0.717, 1.165) is 27.2 Å². The summed E-state index contributed by atoms with van der Waals surface area (Å²) < 4.78 is 7.08. The third kappa shape index (κ3) is 4.14. The molecule has 0 aliphatic rings. The van der Waals surface area contributed by atoms with E-state index in [1.165, 1.54) is 11.3 Å². The van der Waals surface area contributed by atoms with E-state index in [0.29, 0.717) is 18.0 Å². The molecule has 0 aliphatic carbocycles. The second-order valence-corrected chi connectivity index (χ2v) is 7.63. The van der Waals surface area contributed by atoms with Crippen LogP contribution < -0.4 is 0 Å². The van der Waals surface area contributed by atoms with Crippen molar-refractivity contribution in [3.63, 3.8) is 0 Å². The number of rotatable bonds is 7. The fourth-order valence-corrected chi connectivity index (χ4v) is 3.96. The summed E-state index contributed by atoms with van der Waals surface area (Å²) in [5.41, 5.74) is 2.65. The molecule has 0 aliphatic heterocycles. The van der Waals surface area contributed by atoms with Gasteiger partial charge in [-0.15, -0.1) is 11.3 Å². The van der Waals surface area contributed by atoms with E-state index in [4.69, 9.17) is 4.74 Å². The van der Waals surface area contributed by atoms with E-state index in [1.54, 1.807) is 11.0 Å². The number of thiophene rings is 1. The molecule has 1 amide bonds. The number of nitrogens with zero attached hydrogens (tertiary/aromatic N) is 3. The second-order valence-electron chi connectivity index (χ2n) is 6.60. The topological polar surface area (TPSA) is 64.4 Å². The number of ether oxygens (including phenoxy) is 1. The van der Waals surface area contributed by atoms with Crippen molar-refractivity contribution >= 4 is 33.4 Å². The standard InChI is InChI=1S/C21H23N3O3S/c1-5-23(12-14(2)3)19(25)13-27-21(26)18-11-17-15(4)22-24(20(17)28-18)16-9-7-6-8-10-16/h6-11H,2,5,12-13H2,1,3-4H3. The molecule has 2 aromatic heterocycles. The number of carbonyl (C=O) groups excluding carboxylic acids is 2. The van der Waals surface area contributed by atoms with Crippen LogP contribution in [-0.4, -0.2) is 46.3 Å². The van der Waals surface area contributed by atoms with Crippen LogP contribution in [-0.2, 0) is 9.53 Å². The van der Waals surface area contributed by atoms with Crippen LogP contribution in [0.5, 0.6) is 0 Å². The Morgan fingerprint density at radius 1 is 1.29 bits per heavy atom. The molecule has 0 atom stereocenters. The van der Waals surface area contributed by atoms with Gasteiger partial charge in [-0.3, -0.25) is 4.79 Å². The molecule has 2 heterocycles. The first-order valence-corrected chi connectivity index (χ1v) is 9.86. The number of likely N-dealkylation sites (N-methyl/N-ethyl adjacent to an activating group) is 1. The highest BCUT2D eigenvalue weighted by Crippen LogP contribution is 2.30. The van der Waals surface area contributed by atoms with Crippen molar-refractivity contribution in [3.8, 4) is 5.69 Å². The Morgan fingerprint density at radius 2 is 2.00 bits per heavy atom. The molecule has 0 fully saturated rings. The number of hydrogen-bond donors (Lipinski definition) is 0. The average molecular weight is 398 g/mol. The SMILES string of the molecule is C=C(C)CN(CC)C(=O)COC(=O)c1cc2c(C)nn(-c3ccccc3)c2s1. The van der Waals surface area contributed by atoms with E-state index >= 15 is 0 Å². The molecule has 0 saturated carbocycles. The lowest BCUT2D eigenvalue weighted by Gasteiger charge is -2.20. The number of para-hydroxylation sites is 1. The maximum Gasteiger partial charge on any atom is 0.348 e. The normalized spacial score (nSPS) is 10.8. The van der Waals surface area contributed by atoms with Crippen LogP contribution in [0, 0.1) is 6.92 Å². The first kappa shape index (κ1) is 19.8. The van der Waals surface area contributed by atoms with Gasteiger partial charge in [0.05, 0.1) is 11.4 Å². The van der Waals surface area contributed by atoms with Gasteiger partial charge in [-0.2, -0.15) is 5.10 Å². The van der Waals surface area contributed by atoms with Crippen LogP contribution in [0.25, 0.3) is 15.9 Å². The summed E-state index contributed by atoms with van der Waals surface area (Å²) >= 11 is 1.31.